The van der Waals surface area contributed by atoms with Gasteiger partial charge in [-0.3, -0.25) is 9.59 Å². The van der Waals surface area contributed by atoms with Crippen molar-refractivity contribution in [3.05, 3.63) is 0 Å². The Hall–Kier alpha value is -1.19. The number of primary sulfonamides is 1. The molecule has 0 aliphatic carbocycles. The number of hydrogen-bond donors (Lipinski definition) is 2. The summed E-state index contributed by atoms with van der Waals surface area (Å²) in [5, 5.41) is 8.47. The maximum Gasteiger partial charge on any atom is 0.245 e. The zero-order valence-electron chi connectivity index (χ0n) is 18.3. The molecule has 0 aromatic heterocycles. The highest BCUT2D eigenvalue weighted by Crippen LogP contribution is 2.23. The predicted octanol–water partition coefficient (Wildman–Crippen LogP) is 0.775. The smallest absolute Gasteiger partial charge is 0.245 e. The van der Waals surface area contributed by atoms with Crippen LogP contribution in [0.5, 0.6) is 0 Å². The zero-order chi connectivity index (χ0) is 21.8. The van der Waals surface area contributed by atoms with Crippen LogP contribution < -0.4 is 10.5 Å². The van der Waals surface area contributed by atoms with Crippen LogP contribution in [0, 0.1) is 17.8 Å². The van der Waals surface area contributed by atoms with E-state index in [1.165, 1.54) is 0 Å². The molecule has 2 aliphatic heterocycles. The first kappa shape index (κ1) is 24.1. The Balaban J connectivity index is 2.07. The molecule has 0 saturated carbocycles. The first-order valence-corrected chi connectivity index (χ1v) is 12.5. The fourth-order valence-electron chi connectivity index (χ4n) is 4.39. The summed E-state index contributed by atoms with van der Waals surface area (Å²) in [5.41, 5.74) is 0. The van der Waals surface area contributed by atoms with Crippen LogP contribution in [0.3, 0.4) is 0 Å². The molecule has 2 atom stereocenters. The minimum atomic E-state index is -3.50. The number of amides is 2. The van der Waals surface area contributed by atoms with Gasteiger partial charge in [0.05, 0.1) is 11.8 Å². The molecular weight excluding hydrogens is 392 g/mol. The number of likely N-dealkylation sites (tertiary alicyclic amines) is 1. The quantitative estimate of drug-likeness (QED) is 0.591. The summed E-state index contributed by atoms with van der Waals surface area (Å²) in [4.78, 5) is 30.0. The van der Waals surface area contributed by atoms with E-state index in [-0.39, 0.29) is 35.4 Å². The molecule has 2 saturated heterocycles. The minimum absolute atomic E-state index is 0.00570. The summed E-state index contributed by atoms with van der Waals surface area (Å²) in [6.07, 6.45) is 2.65. The van der Waals surface area contributed by atoms with Crippen LogP contribution in [0.1, 0.15) is 53.4 Å². The third-order valence-corrected chi connectivity index (χ3v) is 6.72. The number of piperazine rings is 1. The molecule has 0 bridgehead atoms. The average Bonchev–Trinajstić information content (AvgIpc) is 2.60. The number of rotatable bonds is 8. The van der Waals surface area contributed by atoms with Gasteiger partial charge in [-0.1, -0.05) is 27.7 Å². The lowest BCUT2D eigenvalue weighted by atomic mass is 9.94. The molecule has 29 heavy (non-hydrogen) atoms. The van der Waals surface area contributed by atoms with Crippen LogP contribution in [0.15, 0.2) is 0 Å². The van der Waals surface area contributed by atoms with Gasteiger partial charge in [0.1, 0.15) is 6.04 Å². The highest BCUT2D eigenvalue weighted by Gasteiger charge is 2.39. The molecule has 2 heterocycles. The van der Waals surface area contributed by atoms with E-state index >= 15 is 0 Å². The molecule has 8 nitrogen and oxygen atoms in total. The van der Waals surface area contributed by atoms with Gasteiger partial charge >= 0.3 is 0 Å². The van der Waals surface area contributed by atoms with Crippen LogP contribution in [-0.2, 0) is 19.6 Å². The van der Waals surface area contributed by atoms with Gasteiger partial charge in [0.25, 0.3) is 0 Å². The average molecular weight is 431 g/mol. The SMILES string of the molecule is CC(C)C[C@@H]1NCCN([C@@H](CC(C)C)C(=O)N2CCC(CS(N)(=O)=O)CC2)C1=O. The summed E-state index contributed by atoms with van der Waals surface area (Å²) in [6, 6.07) is -0.680. The second kappa shape index (κ2) is 10.2. The van der Waals surface area contributed by atoms with Crippen LogP contribution in [-0.4, -0.2) is 74.0 Å². The largest absolute Gasteiger partial charge is 0.341 e. The Labute approximate surface area is 175 Å². The van der Waals surface area contributed by atoms with Crippen molar-refractivity contribution in [3.63, 3.8) is 0 Å². The highest BCUT2D eigenvalue weighted by atomic mass is 32.2. The monoisotopic (exact) mass is 430 g/mol. The topological polar surface area (TPSA) is 113 Å². The zero-order valence-corrected chi connectivity index (χ0v) is 19.1. The molecule has 0 aromatic rings. The van der Waals surface area contributed by atoms with E-state index in [1.807, 2.05) is 0 Å². The van der Waals surface area contributed by atoms with E-state index < -0.39 is 16.1 Å². The van der Waals surface area contributed by atoms with Crippen LogP contribution in [0.25, 0.3) is 0 Å². The molecule has 9 heteroatoms. The van der Waals surface area contributed by atoms with Gasteiger partial charge < -0.3 is 15.1 Å². The molecule has 3 N–H and O–H groups in total. The lowest BCUT2D eigenvalue weighted by Crippen LogP contribution is -2.62. The lowest BCUT2D eigenvalue weighted by Gasteiger charge is -2.42. The number of sulfonamides is 1. The van der Waals surface area contributed by atoms with Gasteiger partial charge in [-0.05, 0) is 43.4 Å². The van der Waals surface area contributed by atoms with Gasteiger partial charge in [-0.2, -0.15) is 0 Å². The van der Waals surface area contributed by atoms with E-state index in [0.29, 0.717) is 51.4 Å². The lowest BCUT2D eigenvalue weighted by molar-refractivity contribution is -0.150. The van der Waals surface area contributed by atoms with E-state index in [0.717, 1.165) is 6.42 Å². The van der Waals surface area contributed by atoms with Crippen molar-refractivity contribution in [2.45, 2.75) is 65.5 Å². The van der Waals surface area contributed by atoms with Crippen molar-refractivity contribution in [2.75, 3.05) is 31.9 Å². The molecule has 2 fully saturated rings. The maximum atomic E-state index is 13.4. The second-order valence-corrected chi connectivity index (χ2v) is 11.1. The van der Waals surface area contributed by atoms with Gasteiger partial charge in [0.2, 0.25) is 21.8 Å². The molecular formula is C20H38N4O4S. The first-order chi connectivity index (χ1) is 13.5. The summed E-state index contributed by atoms with van der Waals surface area (Å²) < 4.78 is 22.7. The van der Waals surface area contributed by atoms with Crippen LogP contribution in [0.2, 0.25) is 0 Å². The van der Waals surface area contributed by atoms with Crippen molar-refractivity contribution >= 4 is 21.8 Å². The molecule has 2 rings (SSSR count). The van der Waals surface area contributed by atoms with Gasteiger partial charge in [0.15, 0.2) is 0 Å². The fourth-order valence-corrected chi connectivity index (χ4v) is 5.38. The number of nitrogens with one attached hydrogen (secondary N) is 1. The summed E-state index contributed by atoms with van der Waals surface area (Å²) in [5.74, 6) is 0.661. The van der Waals surface area contributed by atoms with Crippen LogP contribution >= 0.6 is 0 Å². The highest BCUT2D eigenvalue weighted by molar-refractivity contribution is 7.89. The molecule has 168 valence electrons. The van der Waals surface area contributed by atoms with Crippen molar-refractivity contribution in [1.29, 1.82) is 0 Å². The normalized spacial score (nSPS) is 23.1. The Morgan fingerprint density at radius 3 is 2.28 bits per heavy atom. The number of nitrogens with zero attached hydrogens (tertiary/aromatic N) is 2. The molecule has 2 amide bonds. The Kier molecular flexibility index (Phi) is 8.48. The molecule has 0 spiro atoms. The number of nitrogens with two attached hydrogens (primary N) is 1. The van der Waals surface area contributed by atoms with E-state index in [2.05, 4.69) is 33.0 Å². The fraction of sp³-hybridized carbons (Fsp3) is 0.900. The predicted molar refractivity (Wildman–Crippen MR) is 113 cm³/mol. The molecule has 2 aliphatic rings. The van der Waals surface area contributed by atoms with Gasteiger partial charge in [-0.25, -0.2) is 13.6 Å². The Morgan fingerprint density at radius 1 is 1.14 bits per heavy atom. The van der Waals surface area contributed by atoms with E-state index in [9.17, 15) is 18.0 Å². The van der Waals surface area contributed by atoms with Crippen molar-refractivity contribution in [3.8, 4) is 0 Å². The number of hydrogen-bond acceptors (Lipinski definition) is 5. The van der Waals surface area contributed by atoms with Crippen molar-refractivity contribution < 1.29 is 18.0 Å². The van der Waals surface area contributed by atoms with E-state index in [1.54, 1.807) is 9.80 Å². The number of carbonyl (C=O) groups is 2. The van der Waals surface area contributed by atoms with Crippen molar-refractivity contribution in [2.24, 2.45) is 22.9 Å². The molecule has 0 aromatic carbocycles. The number of piperidine rings is 1. The van der Waals surface area contributed by atoms with Crippen LogP contribution in [0.4, 0.5) is 0 Å². The summed E-state index contributed by atoms with van der Waals surface area (Å²) >= 11 is 0. The number of carbonyl (C=O) groups excluding carboxylic acids is 2. The van der Waals surface area contributed by atoms with E-state index in [4.69, 9.17) is 5.14 Å². The molecule has 0 unspecified atom stereocenters. The maximum absolute atomic E-state index is 13.4. The second-order valence-electron chi connectivity index (χ2n) is 9.41. The third-order valence-electron chi connectivity index (χ3n) is 5.78. The summed E-state index contributed by atoms with van der Waals surface area (Å²) in [7, 11) is -3.50. The third kappa shape index (κ3) is 7.22. The molecule has 0 radical (unpaired) electrons. The Bertz CT molecular complexity index is 672. The standard InChI is InChI=1S/C20H38N4O4S/c1-14(2)11-17-19(25)24(10-7-22-17)18(12-15(3)4)20(26)23-8-5-16(6-9-23)13-29(21,27)28/h14-18,22H,5-13H2,1-4H3,(H2,21,27,28)/t17-,18-/m0/s1. The summed E-state index contributed by atoms with van der Waals surface area (Å²) in [6.45, 7) is 10.6. The van der Waals surface area contributed by atoms with Gasteiger partial charge in [-0.15, -0.1) is 0 Å². The Morgan fingerprint density at radius 2 is 1.76 bits per heavy atom. The van der Waals surface area contributed by atoms with Gasteiger partial charge in [0, 0.05) is 26.2 Å². The van der Waals surface area contributed by atoms with Crippen molar-refractivity contribution in [1.82, 2.24) is 15.1 Å². The first-order valence-electron chi connectivity index (χ1n) is 10.8. The minimum Gasteiger partial charge on any atom is -0.341 e.